The molecule has 5 heteroatoms. The summed E-state index contributed by atoms with van der Waals surface area (Å²) in [6, 6.07) is 9.55. The molecule has 1 aromatic heterocycles. The van der Waals surface area contributed by atoms with E-state index in [0.717, 1.165) is 12.2 Å². The first-order chi connectivity index (χ1) is 9.28. The molecule has 0 spiro atoms. The molecule has 2 rings (SSSR count). The predicted molar refractivity (Wildman–Crippen MR) is 74.1 cm³/mol. The SMILES string of the molecule is CNC(=O)COc1cccc(NCc2cc[nH]c2)c1. The Morgan fingerprint density at radius 1 is 1.37 bits per heavy atom. The predicted octanol–water partition coefficient (Wildman–Crippen LogP) is 1.75. The number of carbonyl (C=O) groups is 1. The average Bonchev–Trinajstić information content (AvgIpc) is 2.96. The summed E-state index contributed by atoms with van der Waals surface area (Å²) >= 11 is 0. The minimum Gasteiger partial charge on any atom is -0.484 e. The molecule has 3 N–H and O–H groups in total. The number of anilines is 1. The number of aromatic nitrogens is 1. The Bertz CT molecular complexity index is 523. The molecule has 1 aromatic carbocycles. The van der Waals surface area contributed by atoms with Crippen molar-refractivity contribution in [1.29, 1.82) is 0 Å². The molecule has 0 saturated heterocycles. The first kappa shape index (κ1) is 13.0. The van der Waals surface area contributed by atoms with Crippen LogP contribution in [0.15, 0.2) is 42.7 Å². The fourth-order valence-electron chi connectivity index (χ4n) is 1.59. The zero-order valence-electron chi connectivity index (χ0n) is 10.8. The third-order valence-electron chi connectivity index (χ3n) is 2.64. The highest BCUT2D eigenvalue weighted by Crippen LogP contribution is 2.17. The maximum atomic E-state index is 11.1. The number of hydrogen-bond donors (Lipinski definition) is 3. The largest absolute Gasteiger partial charge is 0.484 e. The fourth-order valence-corrected chi connectivity index (χ4v) is 1.59. The molecule has 19 heavy (non-hydrogen) atoms. The summed E-state index contributed by atoms with van der Waals surface area (Å²) in [4.78, 5) is 14.1. The quantitative estimate of drug-likeness (QED) is 0.740. The zero-order chi connectivity index (χ0) is 13.5. The molecule has 0 unspecified atom stereocenters. The van der Waals surface area contributed by atoms with Crippen LogP contribution in [-0.4, -0.2) is 24.5 Å². The molecular weight excluding hydrogens is 242 g/mol. The number of nitrogens with one attached hydrogen (secondary N) is 3. The van der Waals surface area contributed by atoms with Gasteiger partial charge in [-0.15, -0.1) is 0 Å². The van der Waals surface area contributed by atoms with E-state index in [1.807, 2.05) is 42.7 Å². The van der Waals surface area contributed by atoms with E-state index in [2.05, 4.69) is 15.6 Å². The van der Waals surface area contributed by atoms with Crippen molar-refractivity contribution in [3.63, 3.8) is 0 Å². The normalized spacial score (nSPS) is 9.95. The van der Waals surface area contributed by atoms with E-state index in [1.54, 1.807) is 7.05 Å². The lowest BCUT2D eigenvalue weighted by Gasteiger charge is -2.09. The van der Waals surface area contributed by atoms with Crippen LogP contribution in [0.2, 0.25) is 0 Å². The lowest BCUT2D eigenvalue weighted by Crippen LogP contribution is -2.24. The van der Waals surface area contributed by atoms with Crippen LogP contribution >= 0.6 is 0 Å². The van der Waals surface area contributed by atoms with E-state index in [9.17, 15) is 4.79 Å². The van der Waals surface area contributed by atoms with Crippen LogP contribution in [0.25, 0.3) is 0 Å². The highest BCUT2D eigenvalue weighted by molar-refractivity contribution is 5.77. The third-order valence-corrected chi connectivity index (χ3v) is 2.64. The molecule has 0 radical (unpaired) electrons. The van der Waals surface area contributed by atoms with Crippen LogP contribution in [0.4, 0.5) is 5.69 Å². The molecule has 0 saturated carbocycles. The molecule has 0 bridgehead atoms. The first-order valence-electron chi connectivity index (χ1n) is 6.07. The standard InChI is InChI=1S/C14H17N3O2/c1-15-14(18)10-19-13-4-2-3-12(7-13)17-9-11-5-6-16-8-11/h2-8,16-17H,9-10H2,1H3,(H,15,18). The topological polar surface area (TPSA) is 66.2 Å². The molecular formula is C14H17N3O2. The monoisotopic (exact) mass is 259 g/mol. The molecule has 0 atom stereocenters. The second-order valence-corrected chi connectivity index (χ2v) is 4.06. The van der Waals surface area contributed by atoms with Crippen molar-refractivity contribution in [1.82, 2.24) is 10.3 Å². The van der Waals surface area contributed by atoms with Gasteiger partial charge in [-0.2, -0.15) is 0 Å². The second kappa shape index (κ2) is 6.49. The van der Waals surface area contributed by atoms with Crippen molar-refractivity contribution < 1.29 is 9.53 Å². The van der Waals surface area contributed by atoms with Gasteiger partial charge in [-0.05, 0) is 23.8 Å². The smallest absolute Gasteiger partial charge is 0.257 e. The first-order valence-corrected chi connectivity index (χ1v) is 6.07. The van der Waals surface area contributed by atoms with E-state index in [1.165, 1.54) is 5.56 Å². The van der Waals surface area contributed by atoms with Crippen molar-refractivity contribution >= 4 is 11.6 Å². The Morgan fingerprint density at radius 3 is 3.00 bits per heavy atom. The van der Waals surface area contributed by atoms with E-state index in [4.69, 9.17) is 4.74 Å². The average molecular weight is 259 g/mol. The van der Waals surface area contributed by atoms with Crippen LogP contribution in [0.5, 0.6) is 5.75 Å². The number of amides is 1. The minimum absolute atomic E-state index is 0.0256. The maximum absolute atomic E-state index is 11.1. The summed E-state index contributed by atoms with van der Waals surface area (Å²) in [6.07, 6.45) is 3.83. The van der Waals surface area contributed by atoms with E-state index < -0.39 is 0 Å². The van der Waals surface area contributed by atoms with E-state index in [-0.39, 0.29) is 12.5 Å². The molecule has 0 fully saturated rings. The minimum atomic E-state index is -0.148. The summed E-state index contributed by atoms with van der Waals surface area (Å²) in [5.74, 6) is 0.522. The number of likely N-dealkylation sites (N-methyl/N-ethyl adjacent to an activating group) is 1. The molecule has 1 amide bonds. The Labute approximate surface area is 112 Å². The van der Waals surface area contributed by atoms with Gasteiger partial charge in [0.05, 0.1) is 0 Å². The molecule has 2 aromatic rings. The van der Waals surface area contributed by atoms with Crippen molar-refractivity contribution in [3.8, 4) is 5.75 Å². The maximum Gasteiger partial charge on any atom is 0.257 e. The van der Waals surface area contributed by atoms with Gasteiger partial charge in [0.2, 0.25) is 0 Å². The van der Waals surface area contributed by atoms with Crippen molar-refractivity contribution in [3.05, 3.63) is 48.3 Å². The number of ether oxygens (including phenoxy) is 1. The Kier molecular flexibility index (Phi) is 4.44. The Morgan fingerprint density at radius 2 is 2.26 bits per heavy atom. The molecule has 0 aliphatic carbocycles. The van der Waals surface area contributed by atoms with Gasteiger partial charge in [0.15, 0.2) is 6.61 Å². The number of benzene rings is 1. The number of H-pyrrole nitrogens is 1. The van der Waals surface area contributed by atoms with E-state index in [0.29, 0.717) is 5.75 Å². The highest BCUT2D eigenvalue weighted by Gasteiger charge is 2.01. The van der Waals surface area contributed by atoms with Gasteiger partial charge in [0.25, 0.3) is 5.91 Å². The number of rotatable bonds is 6. The Balaban J connectivity index is 1.89. The van der Waals surface area contributed by atoms with Crippen molar-refractivity contribution in [2.24, 2.45) is 0 Å². The Hall–Kier alpha value is -2.43. The number of hydrogen-bond acceptors (Lipinski definition) is 3. The van der Waals surface area contributed by atoms with Crippen LogP contribution < -0.4 is 15.4 Å². The van der Waals surface area contributed by atoms with Gasteiger partial charge < -0.3 is 20.4 Å². The molecule has 0 aliphatic heterocycles. The molecule has 5 nitrogen and oxygen atoms in total. The van der Waals surface area contributed by atoms with Gasteiger partial charge in [-0.1, -0.05) is 6.07 Å². The van der Waals surface area contributed by atoms with Crippen LogP contribution in [0.1, 0.15) is 5.56 Å². The summed E-state index contributed by atoms with van der Waals surface area (Å²) in [5.41, 5.74) is 2.13. The molecule has 0 aliphatic rings. The van der Waals surface area contributed by atoms with Gasteiger partial charge in [0, 0.05) is 37.7 Å². The lowest BCUT2D eigenvalue weighted by molar-refractivity contribution is -0.122. The summed E-state index contributed by atoms with van der Waals surface area (Å²) in [6.45, 7) is 0.764. The molecule has 100 valence electrons. The van der Waals surface area contributed by atoms with Crippen molar-refractivity contribution in [2.45, 2.75) is 6.54 Å². The van der Waals surface area contributed by atoms with Gasteiger partial charge in [-0.25, -0.2) is 0 Å². The van der Waals surface area contributed by atoms with Gasteiger partial charge in [0.1, 0.15) is 5.75 Å². The number of aromatic amines is 1. The fraction of sp³-hybridized carbons (Fsp3) is 0.214. The van der Waals surface area contributed by atoms with Crippen LogP contribution in [0, 0.1) is 0 Å². The van der Waals surface area contributed by atoms with Crippen molar-refractivity contribution in [2.75, 3.05) is 19.0 Å². The second-order valence-electron chi connectivity index (χ2n) is 4.06. The summed E-state index contributed by atoms with van der Waals surface area (Å²) in [5, 5.41) is 5.80. The molecule has 1 heterocycles. The number of carbonyl (C=O) groups excluding carboxylic acids is 1. The van der Waals surface area contributed by atoms with Crippen LogP contribution in [-0.2, 0) is 11.3 Å². The van der Waals surface area contributed by atoms with Crippen LogP contribution in [0.3, 0.4) is 0 Å². The lowest BCUT2D eigenvalue weighted by atomic mass is 10.2. The summed E-state index contributed by atoms with van der Waals surface area (Å²) in [7, 11) is 1.58. The van der Waals surface area contributed by atoms with Gasteiger partial charge in [-0.3, -0.25) is 4.79 Å². The third kappa shape index (κ3) is 4.06. The summed E-state index contributed by atoms with van der Waals surface area (Å²) < 4.78 is 5.38. The van der Waals surface area contributed by atoms with E-state index >= 15 is 0 Å². The zero-order valence-corrected chi connectivity index (χ0v) is 10.8. The highest BCUT2D eigenvalue weighted by atomic mass is 16.5. The van der Waals surface area contributed by atoms with Gasteiger partial charge >= 0.3 is 0 Å².